The summed E-state index contributed by atoms with van der Waals surface area (Å²) in [4.78, 5) is 12.1. The third-order valence-corrected chi connectivity index (χ3v) is 4.13. The summed E-state index contributed by atoms with van der Waals surface area (Å²) < 4.78 is 0. The summed E-state index contributed by atoms with van der Waals surface area (Å²) in [6, 6.07) is 3.03. The minimum atomic E-state index is 0.253. The topological polar surface area (TPSA) is 29.1 Å². The Bertz CT molecular complexity index is 346. The summed E-state index contributed by atoms with van der Waals surface area (Å²) in [6.07, 6.45) is 3.50. The van der Waals surface area contributed by atoms with Gasteiger partial charge in [-0.15, -0.1) is 0 Å². The van der Waals surface area contributed by atoms with Gasteiger partial charge in [-0.2, -0.15) is 11.3 Å². The Kier molecular flexibility index (Phi) is 1.96. The lowest BCUT2D eigenvalue weighted by Gasteiger charge is -2.17. The average Bonchev–Trinajstić information content (AvgIpc) is 2.93. The Morgan fingerprint density at radius 1 is 1.50 bits per heavy atom. The Hall–Kier alpha value is -0.670. The molecule has 1 N–H and O–H groups in total. The Balaban J connectivity index is 1.81. The van der Waals surface area contributed by atoms with Gasteiger partial charge in [0.2, 0.25) is 0 Å². The molecular formula is C11H13NOS. The van der Waals surface area contributed by atoms with Gasteiger partial charge in [-0.05, 0) is 30.7 Å². The van der Waals surface area contributed by atoms with E-state index in [1.165, 1.54) is 12.8 Å². The minimum Gasteiger partial charge on any atom is -0.310 e. The zero-order valence-electron chi connectivity index (χ0n) is 7.90. The van der Waals surface area contributed by atoms with Gasteiger partial charge in [-0.3, -0.25) is 4.79 Å². The van der Waals surface area contributed by atoms with Crippen molar-refractivity contribution in [1.29, 1.82) is 0 Å². The Labute approximate surface area is 87.3 Å². The van der Waals surface area contributed by atoms with E-state index < -0.39 is 0 Å². The highest BCUT2D eigenvalue weighted by atomic mass is 32.1. The molecule has 2 fully saturated rings. The first-order valence-electron chi connectivity index (χ1n) is 5.17. The predicted molar refractivity (Wildman–Crippen MR) is 56.7 cm³/mol. The van der Waals surface area contributed by atoms with E-state index in [4.69, 9.17) is 0 Å². The molecule has 0 amide bonds. The third-order valence-electron chi connectivity index (χ3n) is 3.44. The molecule has 3 unspecified atom stereocenters. The van der Waals surface area contributed by atoms with Gasteiger partial charge in [0.05, 0.1) is 0 Å². The number of nitrogens with one attached hydrogen (secondary N) is 1. The van der Waals surface area contributed by atoms with E-state index in [-0.39, 0.29) is 5.92 Å². The summed E-state index contributed by atoms with van der Waals surface area (Å²) in [5.74, 6) is 0.606. The highest BCUT2D eigenvalue weighted by Gasteiger charge is 2.42. The largest absolute Gasteiger partial charge is 0.310 e. The number of fused-ring (bicyclic) bond motifs is 2. The molecule has 2 nitrogen and oxygen atoms in total. The first-order chi connectivity index (χ1) is 6.84. The lowest BCUT2D eigenvalue weighted by Crippen LogP contribution is -2.28. The van der Waals surface area contributed by atoms with Gasteiger partial charge in [0.15, 0.2) is 5.78 Å². The van der Waals surface area contributed by atoms with E-state index in [1.807, 2.05) is 16.8 Å². The second-order valence-corrected chi connectivity index (χ2v) is 5.05. The molecule has 3 atom stereocenters. The third kappa shape index (κ3) is 1.23. The van der Waals surface area contributed by atoms with E-state index in [0.717, 1.165) is 12.0 Å². The molecule has 1 aromatic rings. The van der Waals surface area contributed by atoms with Crippen LogP contribution in [0.5, 0.6) is 0 Å². The number of ketones is 1. The maximum Gasteiger partial charge on any atom is 0.168 e. The van der Waals surface area contributed by atoms with Crippen molar-refractivity contribution >= 4 is 17.1 Å². The highest BCUT2D eigenvalue weighted by molar-refractivity contribution is 7.08. The van der Waals surface area contributed by atoms with Crippen LogP contribution in [0.3, 0.4) is 0 Å². The number of carbonyl (C=O) groups is 1. The number of Topliss-reactive ketones (excluding diaryl/α,β-unsaturated/α-hetero) is 1. The fourth-order valence-corrected chi connectivity index (χ4v) is 3.38. The molecule has 3 heteroatoms. The number of hydrogen-bond acceptors (Lipinski definition) is 3. The molecule has 14 heavy (non-hydrogen) atoms. The smallest absolute Gasteiger partial charge is 0.168 e. The van der Waals surface area contributed by atoms with Crippen LogP contribution in [-0.4, -0.2) is 17.9 Å². The van der Waals surface area contributed by atoms with Crippen molar-refractivity contribution in [3.8, 4) is 0 Å². The molecular weight excluding hydrogens is 194 g/mol. The fourth-order valence-electron chi connectivity index (χ4n) is 2.73. The maximum absolute atomic E-state index is 12.1. The van der Waals surface area contributed by atoms with E-state index in [9.17, 15) is 4.79 Å². The van der Waals surface area contributed by atoms with Crippen molar-refractivity contribution in [2.45, 2.75) is 31.3 Å². The lowest BCUT2D eigenvalue weighted by molar-refractivity contribution is 0.0901. The standard InChI is InChI=1S/C11H13NOS/c13-11(7-3-4-14-6-7)9-5-8-1-2-10(9)12-8/h3-4,6,8-10,12H,1-2,5H2. The molecule has 3 heterocycles. The molecule has 2 aliphatic rings. The van der Waals surface area contributed by atoms with Crippen LogP contribution in [0.2, 0.25) is 0 Å². The van der Waals surface area contributed by atoms with E-state index in [0.29, 0.717) is 17.9 Å². The molecule has 0 spiro atoms. The van der Waals surface area contributed by atoms with E-state index in [1.54, 1.807) is 11.3 Å². The van der Waals surface area contributed by atoms with Gasteiger partial charge >= 0.3 is 0 Å². The molecule has 2 bridgehead atoms. The van der Waals surface area contributed by atoms with E-state index in [2.05, 4.69) is 5.32 Å². The van der Waals surface area contributed by atoms with Crippen LogP contribution in [-0.2, 0) is 0 Å². The van der Waals surface area contributed by atoms with Crippen LogP contribution in [0.4, 0.5) is 0 Å². The van der Waals surface area contributed by atoms with Crippen molar-refractivity contribution in [2.24, 2.45) is 5.92 Å². The summed E-state index contributed by atoms with van der Waals surface area (Å²) >= 11 is 1.61. The average molecular weight is 207 g/mol. The molecule has 0 radical (unpaired) electrons. The van der Waals surface area contributed by atoms with Gasteiger partial charge < -0.3 is 5.32 Å². The number of rotatable bonds is 2. The molecule has 0 aromatic carbocycles. The normalized spacial score (nSPS) is 35.0. The Morgan fingerprint density at radius 2 is 2.43 bits per heavy atom. The van der Waals surface area contributed by atoms with Gasteiger partial charge in [0.25, 0.3) is 0 Å². The second kappa shape index (κ2) is 3.17. The van der Waals surface area contributed by atoms with Gasteiger partial charge in [-0.1, -0.05) is 0 Å². The molecule has 0 aliphatic carbocycles. The van der Waals surface area contributed by atoms with Crippen molar-refractivity contribution in [2.75, 3.05) is 0 Å². The number of thiophene rings is 1. The van der Waals surface area contributed by atoms with Gasteiger partial charge in [0.1, 0.15) is 0 Å². The monoisotopic (exact) mass is 207 g/mol. The first kappa shape index (κ1) is 8.62. The summed E-state index contributed by atoms with van der Waals surface area (Å²) in [7, 11) is 0. The van der Waals surface area contributed by atoms with Crippen LogP contribution in [0, 0.1) is 5.92 Å². The number of hydrogen-bond donors (Lipinski definition) is 1. The van der Waals surface area contributed by atoms with Crippen LogP contribution in [0.1, 0.15) is 29.6 Å². The summed E-state index contributed by atoms with van der Waals surface area (Å²) in [5.41, 5.74) is 0.911. The van der Waals surface area contributed by atoms with E-state index >= 15 is 0 Å². The second-order valence-electron chi connectivity index (χ2n) is 4.27. The van der Waals surface area contributed by atoms with Crippen LogP contribution >= 0.6 is 11.3 Å². The highest BCUT2D eigenvalue weighted by Crippen LogP contribution is 2.35. The predicted octanol–water partition coefficient (Wildman–Crippen LogP) is 2.07. The maximum atomic E-state index is 12.1. The van der Waals surface area contributed by atoms with Gasteiger partial charge in [-0.25, -0.2) is 0 Å². The Morgan fingerprint density at radius 3 is 3.00 bits per heavy atom. The minimum absolute atomic E-state index is 0.253. The van der Waals surface area contributed by atoms with Crippen molar-refractivity contribution in [3.63, 3.8) is 0 Å². The van der Waals surface area contributed by atoms with Crippen molar-refractivity contribution in [3.05, 3.63) is 22.4 Å². The quantitative estimate of drug-likeness (QED) is 0.752. The molecule has 2 aliphatic heterocycles. The zero-order chi connectivity index (χ0) is 9.54. The zero-order valence-corrected chi connectivity index (χ0v) is 8.72. The molecule has 2 saturated heterocycles. The SMILES string of the molecule is O=C(c1ccsc1)C1CC2CCC1N2. The summed E-state index contributed by atoms with van der Waals surface area (Å²) in [6.45, 7) is 0. The molecule has 1 aromatic heterocycles. The van der Waals surface area contributed by atoms with Crippen molar-refractivity contribution < 1.29 is 4.79 Å². The summed E-state index contributed by atoms with van der Waals surface area (Å²) in [5, 5.41) is 7.45. The van der Waals surface area contributed by atoms with Crippen LogP contribution in [0.15, 0.2) is 16.8 Å². The van der Waals surface area contributed by atoms with Gasteiger partial charge in [0, 0.05) is 28.9 Å². The van der Waals surface area contributed by atoms with Crippen LogP contribution < -0.4 is 5.32 Å². The van der Waals surface area contributed by atoms with Crippen LogP contribution in [0.25, 0.3) is 0 Å². The molecule has 74 valence electrons. The molecule has 3 rings (SSSR count). The molecule has 0 saturated carbocycles. The first-order valence-corrected chi connectivity index (χ1v) is 6.11. The fraction of sp³-hybridized carbons (Fsp3) is 0.545. The van der Waals surface area contributed by atoms with Crippen molar-refractivity contribution in [1.82, 2.24) is 5.32 Å². The number of carbonyl (C=O) groups excluding carboxylic acids is 1. The lowest BCUT2D eigenvalue weighted by atomic mass is 9.84.